The summed E-state index contributed by atoms with van der Waals surface area (Å²) in [4.78, 5) is 39.5. The highest BCUT2D eigenvalue weighted by Crippen LogP contribution is 2.49. The Hall–Kier alpha value is -2.88. The Labute approximate surface area is 253 Å². The molecule has 4 atom stereocenters. The van der Waals surface area contributed by atoms with E-state index in [1.165, 1.54) is 19.6 Å². The summed E-state index contributed by atoms with van der Waals surface area (Å²) < 4.78 is 31.8. The van der Waals surface area contributed by atoms with Crippen LogP contribution in [0.5, 0.6) is 11.5 Å². The summed E-state index contributed by atoms with van der Waals surface area (Å²) in [5.74, 6) is -1.64. The van der Waals surface area contributed by atoms with Gasteiger partial charge >= 0.3 is 5.97 Å². The highest BCUT2D eigenvalue weighted by Gasteiger charge is 2.52. The quantitative estimate of drug-likeness (QED) is 0.351. The summed E-state index contributed by atoms with van der Waals surface area (Å²) in [5, 5.41) is 17.1. The molecule has 2 bridgehead atoms. The van der Waals surface area contributed by atoms with E-state index in [0.29, 0.717) is 19.4 Å². The number of nitrogens with one attached hydrogen (secondary N) is 2. The zero-order chi connectivity index (χ0) is 31.2. The standard InChI is InChI=1S/C33H47FN2O7/c1-31(2,3)43-30(39)33(40)13-9-21(10-14-33)42-25-16-22(24(41-5)17-23(25)34)28(37)36-27-20-8-7-19(15-20)26(27)29(38)35-18-32(4)11-6-12-32/h16-17,19-21,26-27,40H,6-15,18H2,1-5H3,(H,35,38)(H,36,37)/t19-,20+,21-,26+,27-,33-/m1/s1. The fourth-order valence-corrected chi connectivity index (χ4v) is 7.40. The van der Waals surface area contributed by atoms with Crippen molar-refractivity contribution in [2.45, 2.75) is 115 Å². The number of carbonyl (C=O) groups excluding carboxylic acids is 3. The van der Waals surface area contributed by atoms with E-state index in [1.807, 2.05) is 0 Å². The van der Waals surface area contributed by atoms with Crippen molar-refractivity contribution in [2.75, 3.05) is 13.7 Å². The largest absolute Gasteiger partial charge is 0.496 e. The number of fused-ring (bicyclic) bond motifs is 2. The van der Waals surface area contributed by atoms with Gasteiger partial charge in [0.2, 0.25) is 5.91 Å². The van der Waals surface area contributed by atoms with Crippen LogP contribution in [0.25, 0.3) is 0 Å². The molecule has 9 nitrogen and oxygen atoms in total. The number of amides is 2. The number of esters is 1. The fraction of sp³-hybridized carbons (Fsp3) is 0.727. The third kappa shape index (κ3) is 6.79. The molecule has 0 aliphatic heterocycles. The van der Waals surface area contributed by atoms with Crippen molar-refractivity contribution in [2.24, 2.45) is 23.2 Å². The normalized spacial score (nSPS) is 31.1. The third-order valence-corrected chi connectivity index (χ3v) is 10.1. The van der Waals surface area contributed by atoms with Crippen LogP contribution in [0.3, 0.4) is 0 Å². The highest BCUT2D eigenvalue weighted by atomic mass is 19.1. The van der Waals surface area contributed by atoms with Gasteiger partial charge in [0.1, 0.15) is 11.4 Å². The van der Waals surface area contributed by atoms with E-state index in [-0.39, 0.29) is 65.0 Å². The summed E-state index contributed by atoms with van der Waals surface area (Å²) in [5.41, 5.74) is -2.05. The SMILES string of the molecule is COc1cc(F)c(O[C@H]2CC[C@@](O)(C(=O)OC(C)(C)C)CC2)cc1C(=O)N[C@@H]1[C@H]2CC[C@H](C2)[C@@H]1C(=O)NCC1(C)CCC1. The van der Waals surface area contributed by atoms with Gasteiger partial charge in [-0.2, -0.15) is 0 Å². The van der Waals surface area contributed by atoms with Crippen LogP contribution in [-0.2, 0) is 14.3 Å². The highest BCUT2D eigenvalue weighted by molar-refractivity contribution is 5.98. The molecule has 0 unspecified atom stereocenters. The second kappa shape index (κ2) is 11.9. The number of ether oxygens (including phenoxy) is 3. The van der Waals surface area contributed by atoms with Gasteiger partial charge in [0.05, 0.1) is 24.7 Å². The lowest BCUT2D eigenvalue weighted by Gasteiger charge is -2.39. The van der Waals surface area contributed by atoms with Crippen molar-refractivity contribution >= 4 is 17.8 Å². The molecule has 5 rings (SSSR count). The van der Waals surface area contributed by atoms with Crippen LogP contribution >= 0.6 is 0 Å². The van der Waals surface area contributed by atoms with E-state index < -0.39 is 35.0 Å². The Morgan fingerprint density at radius 3 is 2.30 bits per heavy atom. The van der Waals surface area contributed by atoms with Gasteiger partial charge in [-0.1, -0.05) is 13.3 Å². The van der Waals surface area contributed by atoms with Gasteiger partial charge in [0.15, 0.2) is 17.2 Å². The van der Waals surface area contributed by atoms with Crippen LogP contribution in [-0.4, -0.2) is 59.9 Å². The lowest BCUT2D eigenvalue weighted by atomic mass is 9.70. The molecule has 0 spiro atoms. The molecule has 2 amide bonds. The maximum absolute atomic E-state index is 15.1. The van der Waals surface area contributed by atoms with Crippen molar-refractivity contribution in [3.8, 4) is 11.5 Å². The first kappa shape index (κ1) is 31.5. The summed E-state index contributed by atoms with van der Waals surface area (Å²) in [6.07, 6.45) is 6.67. The number of benzene rings is 1. The molecule has 4 fully saturated rings. The van der Waals surface area contributed by atoms with Gasteiger partial charge in [-0.05, 0) is 102 Å². The fourth-order valence-electron chi connectivity index (χ4n) is 7.40. The van der Waals surface area contributed by atoms with Crippen LogP contribution in [0.4, 0.5) is 4.39 Å². The van der Waals surface area contributed by atoms with Crippen molar-refractivity contribution in [1.82, 2.24) is 10.6 Å². The number of hydrogen-bond donors (Lipinski definition) is 3. The molecule has 1 aromatic carbocycles. The van der Waals surface area contributed by atoms with Crippen LogP contribution in [0.15, 0.2) is 12.1 Å². The van der Waals surface area contributed by atoms with E-state index in [4.69, 9.17) is 14.2 Å². The maximum Gasteiger partial charge on any atom is 0.338 e. The molecule has 10 heteroatoms. The second-order valence-corrected chi connectivity index (χ2v) is 14.6. The minimum absolute atomic E-state index is 0.00404. The number of hydrogen-bond acceptors (Lipinski definition) is 7. The Bertz CT molecular complexity index is 1230. The minimum atomic E-state index is -1.62. The number of methoxy groups -OCH3 is 1. The Balaban J connectivity index is 1.25. The first-order chi connectivity index (χ1) is 20.2. The lowest BCUT2D eigenvalue weighted by Crippen LogP contribution is -2.51. The van der Waals surface area contributed by atoms with E-state index in [9.17, 15) is 19.5 Å². The number of rotatable bonds is 9. The second-order valence-electron chi connectivity index (χ2n) is 14.6. The predicted octanol–water partition coefficient (Wildman–Crippen LogP) is 4.68. The van der Waals surface area contributed by atoms with E-state index in [1.54, 1.807) is 20.8 Å². The average molecular weight is 603 g/mol. The molecule has 43 heavy (non-hydrogen) atoms. The number of halogens is 1. The van der Waals surface area contributed by atoms with Gasteiger partial charge in [-0.3, -0.25) is 9.59 Å². The van der Waals surface area contributed by atoms with Crippen molar-refractivity contribution in [1.29, 1.82) is 0 Å². The van der Waals surface area contributed by atoms with Gasteiger partial charge < -0.3 is 30.0 Å². The zero-order valence-corrected chi connectivity index (χ0v) is 26.1. The topological polar surface area (TPSA) is 123 Å². The molecule has 1 aromatic rings. The first-order valence-corrected chi connectivity index (χ1v) is 15.8. The minimum Gasteiger partial charge on any atom is -0.496 e. The van der Waals surface area contributed by atoms with Gasteiger partial charge in [-0.25, -0.2) is 9.18 Å². The number of aliphatic hydroxyl groups is 1. The number of carbonyl (C=O) groups is 3. The van der Waals surface area contributed by atoms with Gasteiger partial charge in [0, 0.05) is 18.7 Å². The molecule has 238 valence electrons. The molecule has 3 N–H and O–H groups in total. The van der Waals surface area contributed by atoms with Crippen molar-refractivity contribution in [3.05, 3.63) is 23.5 Å². The first-order valence-electron chi connectivity index (χ1n) is 15.8. The van der Waals surface area contributed by atoms with Crippen molar-refractivity contribution < 1.29 is 38.1 Å². The Kier molecular flexibility index (Phi) is 8.73. The van der Waals surface area contributed by atoms with E-state index >= 15 is 4.39 Å². The smallest absolute Gasteiger partial charge is 0.338 e. The molecule has 0 heterocycles. The predicted molar refractivity (Wildman–Crippen MR) is 157 cm³/mol. The van der Waals surface area contributed by atoms with Gasteiger partial charge in [-0.15, -0.1) is 0 Å². The zero-order valence-electron chi connectivity index (χ0n) is 26.1. The molecule has 0 aromatic heterocycles. The van der Waals surface area contributed by atoms with Crippen molar-refractivity contribution in [3.63, 3.8) is 0 Å². The van der Waals surface area contributed by atoms with Crippen LogP contribution < -0.4 is 20.1 Å². The van der Waals surface area contributed by atoms with Crippen LogP contribution in [0.2, 0.25) is 0 Å². The summed E-state index contributed by atoms with van der Waals surface area (Å²) >= 11 is 0. The molecule has 4 aliphatic rings. The van der Waals surface area contributed by atoms with E-state index in [0.717, 1.165) is 38.2 Å². The van der Waals surface area contributed by atoms with Gasteiger partial charge in [0.25, 0.3) is 5.91 Å². The van der Waals surface area contributed by atoms with Crippen LogP contribution in [0, 0.1) is 29.0 Å². The maximum atomic E-state index is 15.1. The molecule has 0 saturated heterocycles. The summed E-state index contributed by atoms with van der Waals surface area (Å²) in [7, 11) is 1.37. The lowest BCUT2D eigenvalue weighted by molar-refractivity contribution is -0.182. The Morgan fingerprint density at radius 2 is 1.70 bits per heavy atom. The van der Waals surface area contributed by atoms with E-state index in [2.05, 4.69) is 17.6 Å². The molecule has 0 radical (unpaired) electrons. The Morgan fingerprint density at radius 1 is 1.02 bits per heavy atom. The molecule has 4 aliphatic carbocycles. The summed E-state index contributed by atoms with van der Waals surface area (Å²) in [6, 6.07) is 2.18. The average Bonchev–Trinajstić information content (AvgIpc) is 3.54. The molecule has 4 saturated carbocycles. The summed E-state index contributed by atoms with van der Waals surface area (Å²) in [6.45, 7) is 8.08. The molecular formula is C33H47FN2O7. The molecular weight excluding hydrogens is 555 g/mol. The monoisotopic (exact) mass is 602 g/mol. The third-order valence-electron chi connectivity index (χ3n) is 10.1. The van der Waals surface area contributed by atoms with Crippen LogP contribution in [0.1, 0.15) is 102 Å².